The number of ether oxygens (including phenoxy) is 1. The van der Waals surface area contributed by atoms with E-state index in [1.54, 1.807) is 26.0 Å². The Kier molecular flexibility index (Phi) is 4.08. The molecule has 0 saturated heterocycles. The molecular weight excluding hydrogens is 259 g/mol. The van der Waals surface area contributed by atoms with Gasteiger partial charge in [-0.15, -0.1) is 0 Å². The molecule has 0 saturated carbocycles. The molecule has 0 atom stereocenters. The highest BCUT2D eigenvalue weighted by molar-refractivity contribution is 5.91. The van der Waals surface area contributed by atoms with E-state index in [9.17, 15) is 9.18 Å². The molecule has 2 rings (SSSR count). The number of carbonyl (C=O) groups is 1. The monoisotopic (exact) mass is 274 g/mol. The fraction of sp³-hybridized carbons (Fsp3) is 0.267. The molecule has 0 amide bonds. The first-order valence-electron chi connectivity index (χ1n) is 6.30. The number of esters is 1. The summed E-state index contributed by atoms with van der Waals surface area (Å²) >= 11 is 0. The Morgan fingerprint density at radius 2 is 2.10 bits per heavy atom. The van der Waals surface area contributed by atoms with E-state index in [-0.39, 0.29) is 5.97 Å². The van der Waals surface area contributed by atoms with E-state index in [1.807, 2.05) is 6.92 Å². The van der Waals surface area contributed by atoms with Crippen LogP contribution in [0.25, 0.3) is 11.4 Å². The van der Waals surface area contributed by atoms with E-state index in [1.165, 1.54) is 6.07 Å². The molecule has 5 heteroatoms. The van der Waals surface area contributed by atoms with E-state index in [0.717, 1.165) is 11.8 Å². The van der Waals surface area contributed by atoms with Crippen LogP contribution in [-0.2, 0) is 4.74 Å². The Bertz CT molecular complexity index is 639. The van der Waals surface area contributed by atoms with Gasteiger partial charge < -0.3 is 4.74 Å². The molecule has 0 fully saturated rings. The van der Waals surface area contributed by atoms with Crippen molar-refractivity contribution in [1.29, 1.82) is 0 Å². The predicted molar refractivity (Wildman–Crippen MR) is 72.9 cm³/mol. The van der Waals surface area contributed by atoms with Crippen molar-refractivity contribution in [3.8, 4) is 11.4 Å². The van der Waals surface area contributed by atoms with Crippen molar-refractivity contribution in [2.45, 2.75) is 20.8 Å². The molecule has 0 unspecified atom stereocenters. The number of hydrogen-bond acceptors (Lipinski definition) is 4. The van der Waals surface area contributed by atoms with Crippen LogP contribution in [-0.4, -0.2) is 22.5 Å². The summed E-state index contributed by atoms with van der Waals surface area (Å²) in [6.45, 7) is 5.64. The van der Waals surface area contributed by atoms with Crippen molar-refractivity contribution >= 4 is 5.97 Å². The zero-order valence-corrected chi connectivity index (χ0v) is 11.6. The molecule has 0 radical (unpaired) electrons. The molecule has 0 N–H and O–H groups in total. The summed E-state index contributed by atoms with van der Waals surface area (Å²) in [4.78, 5) is 20.2. The number of rotatable bonds is 3. The number of pyridine rings is 2. The lowest BCUT2D eigenvalue weighted by Gasteiger charge is -2.10. The van der Waals surface area contributed by atoms with Gasteiger partial charge in [-0.25, -0.2) is 9.18 Å². The first-order valence-corrected chi connectivity index (χ1v) is 6.30. The van der Waals surface area contributed by atoms with Crippen LogP contribution >= 0.6 is 0 Å². The summed E-state index contributed by atoms with van der Waals surface area (Å²) in [5.74, 6) is -0.787. The maximum Gasteiger partial charge on any atom is 0.339 e. The maximum atomic E-state index is 12.9. The van der Waals surface area contributed by atoms with Gasteiger partial charge in [-0.1, -0.05) is 0 Å². The lowest BCUT2D eigenvalue weighted by atomic mass is 10.1. The van der Waals surface area contributed by atoms with Crippen molar-refractivity contribution in [3.05, 3.63) is 47.0 Å². The average Bonchev–Trinajstić information content (AvgIpc) is 2.42. The van der Waals surface area contributed by atoms with Gasteiger partial charge in [-0.3, -0.25) is 9.97 Å². The summed E-state index contributed by atoms with van der Waals surface area (Å²) < 4.78 is 17.9. The standard InChI is InChI=1S/C15H15FN2O2/c1-4-20-15(19)12-7-9(2)14(18-10(12)3)13-6-5-11(16)8-17-13/h5-8H,4H2,1-3H3. The van der Waals surface area contributed by atoms with E-state index in [2.05, 4.69) is 9.97 Å². The molecule has 0 aromatic carbocycles. The molecule has 20 heavy (non-hydrogen) atoms. The van der Waals surface area contributed by atoms with Crippen molar-refractivity contribution in [2.24, 2.45) is 0 Å². The molecule has 0 aliphatic carbocycles. The van der Waals surface area contributed by atoms with E-state index in [4.69, 9.17) is 4.74 Å². The van der Waals surface area contributed by atoms with E-state index >= 15 is 0 Å². The predicted octanol–water partition coefficient (Wildman–Crippen LogP) is 3.08. The Balaban J connectivity index is 2.45. The molecule has 0 aliphatic heterocycles. The number of aromatic nitrogens is 2. The van der Waals surface area contributed by atoms with Crippen LogP contribution in [0, 0.1) is 19.7 Å². The molecule has 0 bridgehead atoms. The number of halogens is 1. The minimum atomic E-state index is -0.397. The minimum Gasteiger partial charge on any atom is -0.462 e. The number of hydrogen-bond donors (Lipinski definition) is 0. The molecule has 104 valence electrons. The second-order valence-electron chi connectivity index (χ2n) is 4.37. The lowest BCUT2D eigenvalue weighted by molar-refractivity contribution is 0.0525. The Morgan fingerprint density at radius 3 is 2.70 bits per heavy atom. The fourth-order valence-corrected chi connectivity index (χ4v) is 1.90. The lowest BCUT2D eigenvalue weighted by Crippen LogP contribution is -2.09. The third-order valence-electron chi connectivity index (χ3n) is 2.87. The molecule has 2 aromatic heterocycles. The third-order valence-corrected chi connectivity index (χ3v) is 2.87. The van der Waals surface area contributed by atoms with Crippen LogP contribution in [0.4, 0.5) is 4.39 Å². The van der Waals surface area contributed by atoms with Gasteiger partial charge in [0.1, 0.15) is 5.82 Å². The number of aryl methyl sites for hydroxylation is 2. The van der Waals surface area contributed by atoms with Crippen molar-refractivity contribution in [1.82, 2.24) is 9.97 Å². The third kappa shape index (κ3) is 2.82. The summed E-state index contributed by atoms with van der Waals surface area (Å²) in [5, 5.41) is 0. The van der Waals surface area contributed by atoms with Crippen molar-refractivity contribution in [2.75, 3.05) is 6.61 Å². The van der Waals surface area contributed by atoms with Gasteiger partial charge in [0.2, 0.25) is 0 Å². The summed E-state index contributed by atoms with van der Waals surface area (Å²) in [6.07, 6.45) is 1.14. The van der Waals surface area contributed by atoms with Crippen molar-refractivity contribution < 1.29 is 13.9 Å². The zero-order valence-electron chi connectivity index (χ0n) is 11.6. The van der Waals surface area contributed by atoms with Crippen molar-refractivity contribution in [3.63, 3.8) is 0 Å². The quantitative estimate of drug-likeness (QED) is 0.807. The summed E-state index contributed by atoms with van der Waals surface area (Å²) in [5.41, 5.74) is 3.00. The second-order valence-corrected chi connectivity index (χ2v) is 4.37. The van der Waals surface area contributed by atoms with E-state index in [0.29, 0.717) is 29.3 Å². The number of nitrogens with zero attached hydrogens (tertiary/aromatic N) is 2. The van der Waals surface area contributed by atoms with Gasteiger partial charge in [0, 0.05) is 0 Å². The highest BCUT2D eigenvalue weighted by atomic mass is 19.1. The maximum absolute atomic E-state index is 12.9. The average molecular weight is 274 g/mol. The SMILES string of the molecule is CCOC(=O)c1cc(C)c(-c2ccc(F)cn2)nc1C. The molecule has 4 nitrogen and oxygen atoms in total. The van der Waals surface area contributed by atoms with Crippen LogP contribution in [0.2, 0.25) is 0 Å². The van der Waals surface area contributed by atoms with Gasteiger partial charge in [-0.05, 0) is 44.5 Å². The highest BCUT2D eigenvalue weighted by Crippen LogP contribution is 2.22. The Labute approximate surface area is 116 Å². The normalized spacial score (nSPS) is 10.4. The van der Waals surface area contributed by atoms with Crippen LogP contribution in [0.3, 0.4) is 0 Å². The van der Waals surface area contributed by atoms with Gasteiger partial charge >= 0.3 is 5.97 Å². The van der Waals surface area contributed by atoms with Gasteiger partial charge in [0.15, 0.2) is 0 Å². The highest BCUT2D eigenvalue weighted by Gasteiger charge is 2.15. The van der Waals surface area contributed by atoms with Gasteiger partial charge in [0.05, 0.1) is 35.4 Å². The minimum absolute atomic E-state index is 0.318. The fourth-order valence-electron chi connectivity index (χ4n) is 1.90. The first kappa shape index (κ1) is 14.1. The van der Waals surface area contributed by atoms with Gasteiger partial charge in [0.25, 0.3) is 0 Å². The molecular formula is C15H15FN2O2. The Morgan fingerprint density at radius 1 is 1.35 bits per heavy atom. The van der Waals surface area contributed by atoms with Crippen LogP contribution in [0.5, 0.6) is 0 Å². The molecule has 2 aromatic rings. The van der Waals surface area contributed by atoms with Crippen LogP contribution < -0.4 is 0 Å². The Hall–Kier alpha value is -2.30. The van der Waals surface area contributed by atoms with Crippen LogP contribution in [0.15, 0.2) is 24.4 Å². The summed E-state index contributed by atoms with van der Waals surface area (Å²) in [6, 6.07) is 4.62. The van der Waals surface area contributed by atoms with Crippen LogP contribution in [0.1, 0.15) is 28.5 Å². The largest absolute Gasteiger partial charge is 0.462 e. The van der Waals surface area contributed by atoms with Gasteiger partial charge in [-0.2, -0.15) is 0 Å². The first-order chi connectivity index (χ1) is 9.52. The molecule has 0 aliphatic rings. The number of carbonyl (C=O) groups excluding carboxylic acids is 1. The molecule has 0 spiro atoms. The topological polar surface area (TPSA) is 52.1 Å². The zero-order chi connectivity index (χ0) is 14.7. The smallest absolute Gasteiger partial charge is 0.339 e. The molecule has 2 heterocycles. The summed E-state index contributed by atoms with van der Waals surface area (Å²) in [7, 11) is 0. The van der Waals surface area contributed by atoms with E-state index < -0.39 is 5.82 Å². The second kappa shape index (κ2) is 5.77.